The van der Waals surface area contributed by atoms with Crippen molar-refractivity contribution in [3.63, 3.8) is 0 Å². The Morgan fingerprint density at radius 1 is 1.07 bits per heavy atom. The van der Waals surface area contributed by atoms with Crippen molar-refractivity contribution in [3.8, 4) is 18.2 Å². The van der Waals surface area contributed by atoms with Gasteiger partial charge in [-0.3, -0.25) is 0 Å². The van der Waals surface area contributed by atoms with Crippen molar-refractivity contribution in [2.24, 2.45) is 29.1 Å². The summed E-state index contributed by atoms with van der Waals surface area (Å²) in [7, 11) is 0. The summed E-state index contributed by atoms with van der Waals surface area (Å²) >= 11 is 0. The zero-order valence-electron chi connectivity index (χ0n) is 16.0. The van der Waals surface area contributed by atoms with Crippen molar-refractivity contribution in [1.29, 1.82) is 21.2 Å². The van der Waals surface area contributed by atoms with Crippen molar-refractivity contribution >= 4 is 5.71 Å². The first-order valence-electron chi connectivity index (χ1n) is 9.36. The average Bonchev–Trinajstić information content (AvgIpc) is 2.66. The monoisotopic (exact) mass is 356 g/mol. The fourth-order valence-electron chi connectivity index (χ4n) is 4.76. The molecule has 0 spiro atoms. The lowest BCUT2D eigenvalue weighted by Crippen LogP contribution is -2.54. The molecule has 1 saturated carbocycles. The Balaban J connectivity index is 2.21. The van der Waals surface area contributed by atoms with Crippen LogP contribution in [0.25, 0.3) is 0 Å². The van der Waals surface area contributed by atoms with Crippen LogP contribution >= 0.6 is 0 Å². The van der Waals surface area contributed by atoms with Crippen molar-refractivity contribution in [2.75, 3.05) is 0 Å². The Bertz CT molecular complexity index is 901. The molecule has 1 unspecified atom stereocenters. The van der Waals surface area contributed by atoms with Gasteiger partial charge in [0.15, 0.2) is 0 Å². The molecule has 4 heteroatoms. The third kappa shape index (κ3) is 2.75. The quantitative estimate of drug-likeness (QED) is 0.735. The van der Waals surface area contributed by atoms with Gasteiger partial charge in [-0.05, 0) is 41.2 Å². The van der Waals surface area contributed by atoms with E-state index < -0.39 is 17.3 Å². The van der Waals surface area contributed by atoms with Crippen LogP contribution in [-0.4, -0.2) is 5.71 Å². The lowest BCUT2D eigenvalue weighted by Gasteiger charge is -2.48. The smallest absolute Gasteiger partial charge is 0.137 e. The Morgan fingerprint density at radius 2 is 1.74 bits per heavy atom. The molecule has 0 bridgehead atoms. The molecule has 27 heavy (non-hydrogen) atoms. The van der Waals surface area contributed by atoms with Gasteiger partial charge in [-0.1, -0.05) is 57.2 Å². The number of rotatable bonds is 1. The summed E-state index contributed by atoms with van der Waals surface area (Å²) in [4.78, 5) is 0. The highest BCUT2D eigenvalue weighted by Crippen LogP contribution is 2.54. The molecule has 2 aliphatic carbocycles. The molecule has 0 aromatic heterocycles. The van der Waals surface area contributed by atoms with E-state index in [-0.39, 0.29) is 17.0 Å². The molecule has 1 aromatic carbocycles. The predicted octanol–water partition coefficient (Wildman–Crippen LogP) is 4.76. The molecule has 1 aromatic rings. The van der Waals surface area contributed by atoms with Gasteiger partial charge in [-0.2, -0.15) is 15.8 Å². The topological polar surface area (TPSA) is 95.2 Å². The van der Waals surface area contributed by atoms with Crippen molar-refractivity contribution < 1.29 is 0 Å². The van der Waals surface area contributed by atoms with E-state index in [1.54, 1.807) is 12.1 Å². The second kappa shape index (κ2) is 6.68. The van der Waals surface area contributed by atoms with Gasteiger partial charge in [0.2, 0.25) is 0 Å². The van der Waals surface area contributed by atoms with E-state index in [1.807, 2.05) is 18.2 Å². The summed E-state index contributed by atoms with van der Waals surface area (Å²) in [5.41, 5.74) is 0.259. The second-order valence-electron chi connectivity index (χ2n) is 8.71. The first kappa shape index (κ1) is 18.9. The van der Waals surface area contributed by atoms with Crippen molar-refractivity contribution in [3.05, 3.63) is 47.5 Å². The number of allylic oxidation sites excluding steroid dienone is 2. The highest BCUT2D eigenvalue weighted by atomic mass is 14.7. The molecular weight excluding hydrogens is 332 g/mol. The zero-order valence-corrected chi connectivity index (χ0v) is 16.0. The van der Waals surface area contributed by atoms with E-state index in [9.17, 15) is 15.8 Å². The van der Waals surface area contributed by atoms with Gasteiger partial charge in [-0.25, -0.2) is 0 Å². The van der Waals surface area contributed by atoms with Crippen LogP contribution in [0.1, 0.15) is 39.2 Å². The van der Waals surface area contributed by atoms with E-state index >= 15 is 0 Å². The van der Waals surface area contributed by atoms with E-state index in [1.165, 1.54) is 0 Å². The minimum Gasteiger partial charge on any atom is -0.306 e. The molecule has 136 valence electrons. The fourth-order valence-corrected chi connectivity index (χ4v) is 4.76. The normalized spacial score (nSPS) is 33.0. The average molecular weight is 356 g/mol. The number of hydrogen-bond donors (Lipinski definition) is 1. The largest absolute Gasteiger partial charge is 0.306 e. The number of benzene rings is 1. The second-order valence-corrected chi connectivity index (χ2v) is 8.71. The number of nitrogens with zero attached hydrogens (tertiary/aromatic N) is 3. The Morgan fingerprint density at radius 3 is 2.26 bits per heavy atom. The van der Waals surface area contributed by atoms with Gasteiger partial charge in [0.25, 0.3) is 0 Å². The summed E-state index contributed by atoms with van der Waals surface area (Å²) < 4.78 is 0. The van der Waals surface area contributed by atoms with Gasteiger partial charge in [0.1, 0.15) is 11.3 Å². The van der Waals surface area contributed by atoms with Gasteiger partial charge < -0.3 is 5.41 Å². The summed E-state index contributed by atoms with van der Waals surface area (Å²) in [5.74, 6) is -1.20. The summed E-state index contributed by atoms with van der Waals surface area (Å²) in [5, 5.41) is 39.0. The van der Waals surface area contributed by atoms with Crippen LogP contribution in [0.4, 0.5) is 0 Å². The number of nitrogens with one attached hydrogen (secondary N) is 1. The van der Waals surface area contributed by atoms with E-state index in [4.69, 9.17) is 5.41 Å². The van der Waals surface area contributed by atoms with Gasteiger partial charge in [0.05, 0.1) is 29.8 Å². The highest BCUT2D eigenvalue weighted by molar-refractivity contribution is 6.02. The molecule has 2 aliphatic rings. The van der Waals surface area contributed by atoms with Crippen molar-refractivity contribution in [1.82, 2.24) is 0 Å². The first-order chi connectivity index (χ1) is 12.8. The first-order valence-corrected chi connectivity index (χ1v) is 9.36. The standard InChI is InChI=1S/C23H24N4/c1-22(2,3)16-9-10-17-18(11-16)20(13-25)23(14-26,21(27)19(17)12-24)15-7-5-4-6-8-15/h4-8,10,16,18-20,27H,9,11H2,1-3H3/t16-,18+,19?,20+,23-/m1/s1. The number of nitriles is 3. The van der Waals surface area contributed by atoms with Crippen LogP contribution in [0.15, 0.2) is 42.0 Å². The molecule has 3 rings (SSSR count). The Labute approximate surface area is 161 Å². The third-order valence-corrected chi connectivity index (χ3v) is 6.42. The van der Waals surface area contributed by atoms with Crippen LogP contribution in [0.5, 0.6) is 0 Å². The maximum Gasteiger partial charge on any atom is 0.137 e. The number of hydrogen-bond acceptors (Lipinski definition) is 4. The molecule has 5 atom stereocenters. The molecule has 0 amide bonds. The van der Waals surface area contributed by atoms with E-state index in [0.717, 1.165) is 18.4 Å². The minimum absolute atomic E-state index is 0.0435. The molecular formula is C23H24N4. The molecule has 0 radical (unpaired) electrons. The molecule has 1 N–H and O–H groups in total. The molecule has 0 heterocycles. The van der Waals surface area contributed by atoms with Gasteiger partial charge >= 0.3 is 0 Å². The Hall–Kier alpha value is -2.90. The van der Waals surface area contributed by atoms with Gasteiger partial charge in [-0.15, -0.1) is 0 Å². The van der Waals surface area contributed by atoms with Crippen LogP contribution < -0.4 is 0 Å². The molecule has 1 fully saturated rings. The van der Waals surface area contributed by atoms with E-state index in [2.05, 4.69) is 45.1 Å². The fraction of sp³-hybridized carbons (Fsp3) is 0.478. The summed E-state index contributed by atoms with van der Waals surface area (Å²) in [6.07, 6.45) is 3.70. The van der Waals surface area contributed by atoms with E-state index in [0.29, 0.717) is 11.5 Å². The van der Waals surface area contributed by atoms with Crippen LogP contribution in [-0.2, 0) is 5.41 Å². The highest BCUT2D eigenvalue weighted by Gasteiger charge is 2.58. The maximum atomic E-state index is 10.2. The van der Waals surface area contributed by atoms with Crippen molar-refractivity contribution in [2.45, 2.75) is 39.0 Å². The molecule has 0 saturated heterocycles. The lowest BCUT2D eigenvalue weighted by atomic mass is 9.51. The van der Waals surface area contributed by atoms with Crippen LogP contribution in [0.2, 0.25) is 0 Å². The molecule has 0 aliphatic heterocycles. The van der Waals surface area contributed by atoms with Gasteiger partial charge in [0, 0.05) is 0 Å². The maximum absolute atomic E-state index is 10.2. The van der Waals surface area contributed by atoms with Crippen LogP contribution in [0.3, 0.4) is 0 Å². The number of fused-ring (bicyclic) bond motifs is 1. The third-order valence-electron chi connectivity index (χ3n) is 6.42. The molecule has 4 nitrogen and oxygen atoms in total. The predicted molar refractivity (Wildman–Crippen MR) is 103 cm³/mol. The van der Waals surface area contributed by atoms with Crippen LogP contribution in [0, 0.1) is 68.5 Å². The summed E-state index contributed by atoms with van der Waals surface area (Å²) in [6.45, 7) is 6.58. The SMILES string of the molecule is CC(C)(C)[C@@H]1CC=C2C(C#N)C(=N)[C@](C#N)(c3ccccc3)[C@@H](C#N)[C@H]2C1. The minimum atomic E-state index is -1.38. The summed E-state index contributed by atoms with van der Waals surface area (Å²) in [6, 6.07) is 16.0. The lowest BCUT2D eigenvalue weighted by molar-refractivity contribution is 0.165. The Kier molecular flexibility index (Phi) is 4.67. The zero-order chi connectivity index (χ0) is 19.8.